The Morgan fingerprint density at radius 2 is 2.27 bits per heavy atom. The molecule has 0 aliphatic rings. The molecule has 0 aliphatic heterocycles. The SMILES string of the molecule is CC(=O)OCCC(C)(Cl)CN. The zero-order chi connectivity index (χ0) is 8.91. The highest BCUT2D eigenvalue weighted by molar-refractivity contribution is 6.23. The summed E-state index contributed by atoms with van der Waals surface area (Å²) in [5.74, 6) is -0.283. The molecule has 0 heterocycles. The van der Waals surface area contributed by atoms with Crippen molar-refractivity contribution in [1.29, 1.82) is 0 Å². The number of halogens is 1. The van der Waals surface area contributed by atoms with Gasteiger partial charge < -0.3 is 10.5 Å². The van der Waals surface area contributed by atoms with Crippen LogP contribution in [0, 0.1) is 0 Å². The first-order valence-corrected chi connectivity index (χ1v) is 3.88. The van der Waals surface area contributed by atoms with Gasteiger partial charge in [0.15, 0.2) is 0 Å². The summed E-state index contributed by atoms with van der Waals surface area (Å²) in [7, 11) is 0. The van der Waals surface area contributed by atoms with Crippen molar-refractivity contribution < 1.29 is 9.53 Å². The van der Waals surface area contributed by atoms with Crippen LogP contribution in [0.3, 0.4) is 0 Å². The van der Waals surface area contributed by atoms with Crippen LogP contribution in [-0.4, -0.2) is 24.0 Å². The molecule has 0 bridgehead atoms. The van der Waals surface area contributed by atoms with Gasteiger partial charge in [0.25, 0.3) is 0 Å². The van der Waals surface area contributed by atoms with Crippen LogP contribution in [0.5, 0.6) is 0 Å². The van der Waals surface area contributed by atoms with E-state index in [1.807, 2.05) is 6.92 Å². The third kappa shape index (κ3) is 6.13. The zero-order valence-electron chi connectivity index (χ0n) is 6.89. The topological polar surface area (TPSA) is 52.3 Å². The van der Waals surface area contributed by atoms with E-state index >= 15 is 0 Å². The number of hydrogen-bond donors (Lipinski definition) is 1. The third-order valence-electron chi connectivity index (χ3n) is 1.35. The summed E-state index contributed by atoms with van der Waals surface area (Å²) in [5, 5.41) is 0. The second kappa shape index (κ2) is 4.57. The molecule has 0 rings (SSSR count). The van der Waals surface area contributed by atoms with E-state index in [-0.39, 0.29) is 5.97 Å². The summed E-state index contributed by atoms with van der Waals surface area (Å²) in [6.07, 6.45) is 0.588. The lowest BCUT2D eigenvalue weighted by Crippen LogP contribution is -2.29. The highest BCUT2D eigenvalue weighted by Gasteiger charge is 2.18. The Labute approximate surface area is 71.8 Å². The van der Waals surface area contributed by atoms with E-state index in [1.54, 1.807) is 0 Å². The molecular weight excluding hydrogens is 166 g/mol. The number of alkyl halides is 1. The molecule has 0 saturated carbocycles. The summed E-state index contributed by atoms with van der Waals surface area (Å²) in [4.78, 5) is 9.87. The molecule has 3 nitrogen and oxygen atoms in total. The third-order valence-corrected chi connectivity index (χ3v) is 1.70. The monoisotopic (exact) mass is 179 g/mol. The fourth-order valence-electron chi connectivity index (χ4n) is 0.510. The van der Waals surface area contributed by atoms with Crippen molar-refractivity contribution in [1.82, 2.24) is 0 Å². The number of rotatable bonds is 4. The number of carbonyl (C=O) groups is 1. The molecule has 11 heavy (non-hydrogen) atoms. The molecule has 1 unspecified atom stereocenters. The van der Waals surface area contributed by atoms with Crippen molar-refractivity contribution in [2.45, 2.75) is 25.1 Å². The van der Waals surface area contributed by atoms with E-state index in [0.29, 0.717) is 19.6 Å². The van der Waals surface area contributed by atoms with Gasteiger partial charge in [-0.3, -0.25) is 4.79 Å². The van der Waals surface area contributed by atoms with Gasteiger partial charge in [-0.05, 0) is 6.92 Å². The van der Waals surface area contributed by atoms with Crippen molar-refractivity contribution in [3.63, 3.8) is 0 Å². The summed E-state index contributed by atoms with van der Waals surface area (Å²) in [6.45, 7) is 3.91. The Bertz CT molecular complexity index is 136. The minimum atomic E-state index is -0.449. The molecule has 0 aromatic rings. The van der Waals surface area contributed by atoms with Crippen LogP contribution in [-0.2, 0) is 9.53 Å². The predicted octanol–water partition coefficient (Wildman–Crippen LogP) is 0.896. The molecule has 0 spiro atoms. The number of esters is 1. The minimum absolute atomic E-state index is 0.283. The van der Waals surface area contributed by atoms with Crippen molar-refractivity contribution in [2.75, 3.05) is 13.2 Å². The largest absolute Gasteiger partial charge is 0.466 e. The van der Waals surface area contributed by atoms with E-state index < -0.39 is 4.87 Å². The van der Waals surface area contributed by atoms with Gasteiger partial charge in [0.1, 0.15) is 0 Å². The van der Waals surface area contributed by atoms with Crippen LogP contribution in [0.15, 0.2) is 0 Å². The second-order valence-corrected chi connectivity index (χ2v) is 3.62. The predicted molar refractivity (Wildman–Crippen MR) is 44.6 cm³/mol. The first-order chi connectivity index (χ1) is 4.98. The van der Waals surface area contributed by atoms with Crippen LogP contribution in [0.4, 0.5) is 0 Å². The van der Waals surface area contributed by atoms with Crippen LogP contribution >= 0.6 is 11.6 Å². The van der Waals surface area contributed by atoms with Gasteiger partial charge in [-0.1, -0.05) is 0 Å². The maximum atomic E-state index is 10.3. The Morgan fingerprint density at radius 1 is 1.73 bits per heavy atom. The zero-order valence-corrected chi connectivity index (χ0v) is 7.65. The molecule has 0 aliphatic carbocycles. The second-order valence-electron chi connectivity index (χ2n) is 2.71. The number of ether oxygens (including phenoxy) is 1. The van der Waals surface area contributed by atoms with Gasteiger partial charge >= 0.3 is 5.97 Å². The summed E-state index contributed by atoms with van der Waals surface area (Å²) < 4.78 is 4.70. The molecular formula is C7H14ClNO2. The van der Waals surface area contributed by atoms with E-state index in [9.17, 15) is 4.79 Å². The van der Waals surface area contributed by atoms with E-state index in [0.717, 1.165) is 0 Å². The highest BCUT2D eigenvalue weighted by atomic mass is 35.5. The summed E-state index contributed by atoms with van der Waals surface area (Å²) >= 11 is 5.89. The lowest BCUT2D eigenvalue weighted by molar-refractivity contribution is -0.141. The van der Waals surface area contributed by atoms with Gasteiger partial charge in [-0.25, -0.2) is 0 Å². The number of nitrogens with two attached hydrogens (primary N) is 1. The molecule has 0 fully saturated rings. The molecule has 0 amide bonds. The molecule has 66 valence electrons. The standard InChI is InChI=1S/C7H14ClNO2/c1-6(10)11-4-3-7(2,8)5-9/h3-5,9H2,1-2H3. The molecule has 1 atom stereocenters. The van der Waals surface area contributed by atoms with Crippen molar-refractivity contribution >= 4 is 17.6 Å². The molecule has 0 aromatic heterocycles. The van der Waals surface area contributed by atoms with Crippen molar-refractivity contribution in [3.05, 3.63) is 0 Å². The molecule has 0 aromatic carbocycles. The van der Waals surface area contributed by atoms with E-state index in [4.69, 9.17) is 22.1 Å². The lowest BCUT2D eigenvalue weighted by Gasteiger charge is -2.18. The number of hydrogen-bond acceptors (Lipinski definition) is 3. The Kier molecular flexibility index (Phi) is 4.45. The van der Waals surface area contributed by atoms with Crippen molar-refractivity contribution in [3.8, 4) is 0 Å². The normalized spacial score (nSPS) is 15.6. The first-order valence-electron chi connectivity index (χ1n) is 3.50. The molecule has 0 radical (unpaired) electrons. The summed E-state index contributed by atoms with van der Waals surface area (Å²) in [6, 6.07) is 0. The van der Waals surface area contributed by atoms with Crippen LogP contribution < -0.4 is 5.73 Å². The van der Waals surface area contributed by atoms with Crippen LogP contribution in [0.1, 0.15) is 20.3 Å². The fraction of sp³-hybridized carbons (Fsp3) is 0.857. The fourth-order valence-corrected chi connectivity index (χ4v) is 0.587. The van der Waals surface area contributed by atoms with Gasteiger partial charge in [0, 0.05) is 19.9 Å². The average molecular weight is 180 g/mol. The van der Waals surface area contributed by atoms with Gasteiger partial charge in [-0.2, -0.15) is 0 Å². The first kappa shape index (κ1) is 10.7. The maximum Gasteiger partial charge on any atom is 0.302 e. The van der Waals surface area contributed by atoms with Gasteiger partial charge in [0.2, 0.25) is 0 Å². The van der Waals surface area contributed by atoms with E-state index in [2.05, 4.69) is 0 Å². The molecule has 4 heteroatoms. The molecule has 2 N–H and O–H groups in total. The molecule has 0 saturated heterocycles. The Hall–Kier alpha value is -0.280. The number of carbonyl (C=O) groups excluding carboxylic acids is 1. The van der Waals surface area contributed by atoms with Crippen LogP contribution in [0.2, 0.25) is 0 Å². The minimum Gasteiger partial charge on any atom is -0.466 e. The quantitative estimate of drug-likeness (QED) is 0.515. The van der Waals surface area contributed by atoms with E-state index in [1.165, 1.54) is 6.92 Å². The summed E-state index contributed by atoms with van der Waals surface area (Å²) in [5.41, 5.74) is 5.35. The maximum absolute atomic E-state index is 10.3. The highest BCUT2D eigenvalue weighted by Crippen LogP contribution is 2.16. The van der Waals surface area contributed by atoms with Crippen molar-refractivity contribution in [2.24, 2.45) is 5.73 Å². The smallest absolute Gasteiger partial charge is 0.302 e. The lowest BCUT2D eigenvalue weighted by atomic mass is 10.1. The Morgan fingerprint density at radius 3 is 2.64 bits per heavy atom. The van der Waals surface area contributed by atoms with Gasteiger partial charge in [0.05, 0.1) is 11.5 Å². The average Bonchev–Trinajstić information content (AvgIpc) is 1.87. The van der Waals surface area contributed by atoms with Crippen LogP contribution in [0.25, 0.3) is 0 Å². The van der Waals surface area contributed by atoms with Gasteiger partial charge in [-0.15, -0.1) is 11.6 Å². The Balaban J connectivity index is 3.45.